The van der Waals surface area contributed by atoms with Gasteiger partial charge in [0.15, 0.2) is 0 Å². The third-order valence-electron chi connectivity index (χ3n) is 4.09. The summed E-state index contributed by atoms with van der Waals surface area (Å²) < 4.78 is 0. The van der Waals surface area contributed by atoms with E-state index in [9.17, 15) is 9.59 Å². The Labute approximate surface area is 123 Å². The van der Waals surface area contributed by atoms with E-state index in [4.69, 9.17) is 5.11 Å². The van der Waals surface area contributed by atoms with Crippen LogP contribution in [0.2, 0.25) is 0 Å². The van der Waals surface area contributed by atoms with Crippen molar-refractivity contribution in [3.8, 4) is 0 Å². The molecule has 6 heteroatoms. The minimum absolute atomic E-state index is 0.00408. The van der Waals surface area contributed by atoms with Crippen molar-refractivity contribution < 1.29 is 14.7 Å². The van der Waals surface area contributed by atoms with E-state index in [-0.39, 0.29) is 18.6 Å². The Morgan fingerprint density at radius 3 is 2.57 bits per heavy atom. The topological polar surface area (TPSA) is 72.9 Å². The first-order chi connectivity index (χ1) is 10.2. The number of aliphatic hydroxyl groups excluding tert-OH is 1. The maximum atomic E-state index is 12.2. The maximum Gasteiger partial charge on any atom is 0.312 e. The molecule has 0 bridgehead atoms. The molecule has 6 nitrogen and oxygen atoms in total. The number of fused-ring (bicyclic) bond motifs is 1. The monoisotopic (exact) mass is 289 g/mol. The molecule has 2 aliphatic heterocycles. The second kappa shape index (κ2) is 5.83. The number of rotatable bonds is 3. The number of benzene rings is 1. The van der Waals surface area contributed by atoms with Crippen LogP contribution in [0, 0.1) is 0 Å². The van der Waals surface area contributed by atoms with Gasteiger partial charge in [-0.15, -0.1) is 0 Å². The van der Waals surface area contributed by atoms with Crippen LogP contribution in [-0.4, -0.2) is 58.9 Å². The number of carbonyl (C=O) groups excluding carboxylic acids is 2. The Kier molecular flexibility index (Phi) is 3.90. The zero-order valence-electron chi connectivity index (χ0n) is 11.8. The first-order valence-corrected chi connectivity index (χ1v) is 7.18. The van der Waals surface area contributed by atoms with E-state index in [1.807, 2.05) is 24.3 Å². The highest BCUT2D eigenvalue weighted by Gasteiger charge is 2.39. The third-order valence-corrected chi connectivity index (χ3v) is 4.09. The fraction of sp³-hybridized carbons (Fsp3) is 0.467. The zero-order valence-corrected chi connectivity index (χ0v) is 11.8. The molecule has 0 radical (unpaired) electrons. The van der Waals surface area contributed by atoms with Gasteiger partial charge in [0.1, 0.15) is 0 Å². The number of nitrogens with zero attached hydrogens (tertiary/aromatic N) is 2. The van der Waals surface area contributed by atoms with Gasteiger partial charge < -0.3 is 20.2 Å². The Hall–Kier alpha value is -1.92. The van der Waals surface area contributed by atoms with Crippen molar-refractivity contribution in [2.75, 3.05) is 26.2 Å². The SMILES string of the molecule is O=C1C(=O)N2CCNCC2CN1Cc1ccc(CO)cc1. The highest BCUT2D eigenvalue weighted by molar-refractivity contribution is 6.35. The van der Waals surface area contributed by atoms with Crippen molar-refractivity contribution in [2.45, 2.75) is 19.2 Å². The largest absolute Gasteiger partial charge is 0.392 e. The number of amides is 2. The molecule has 1 unspecified atom stereocenters. The van der Waals surface area contributed by atoms with Crippen LogP contribution in [0.5, 0.6) is 0 Å². The summed E-state index contributed by atoms with van der Waals surface area (Å²) in [5.41, 5.74) is 1.80. The molecule has 2 fully saturated rings. The minimum atomic E-state index is -0.417. The van der Waals surface area contributed by atoms with Crippen molar-refractivity contribution in [1.82, 2.24) is 15.1 Å². The Morgan fingerprint density at radius 1 is 1.14 bits per heavy atom. The van der Waals surface area contributed by atoms with Crippen LogP contribution < -0.4 is 5.32 Å². The van der Waals surface area contributed by atoms with Crippen LogP contribution in [0.1, 0.15) is 11.1 Å². The Bertz CT molecular complexity index is 544. The van der Waals surface area contributed by atoms with Crippen molar-refractivity contribution in [1.29, 1.82) is 0 Å². The lowest BCUT2D eigenvalue weighted by atomic mass is 10.1. The first-order valence-electron chi connectivity index (χ1n) is 7.18. The van der Waals surface area contributed by atoms with E-state index in [1.54, 1.807) is 9.80 Å². The zero-order chi connectivity index (χ0) is 14.8. The fourth-order valence-corrected chi connectivity index (χ4v) is 2.89. The van der Waals surface area contributed by atoms with E-state index in [0.29, 0.717) is 19.6 Å². The first kappa shape index (κ1) is 14.0. The summed E-state index contributed by atoms with van der Waals surface area (Å²) in [5.74, 6) is -0.806. The van der Waals surface area contributed by atoms with Gasteiger partial charge in [-0.1, -0.05) is 24.3 Å². The number of aliphatic hydroxyl groups is 1. The number of nitrogens with one attached hydrogen (secondary N) is 1. The normalized spacial score (nSPS) is 22.4. The molecule has 1 atom stereocenters. The van der Waals surface area contributed by atoms with E-state index in [2.05, 4.69) is 5.32 Å². The van der Waals surface area contributed by atoms with Gasteiger partial charge in [-0.2, -0.15) is 0 Å². The molecule has 2 saturated heterocycles. The second-order valence-electron chi connectivity index (χ2n) is 5.52. The van der Waals surface area contributed by atoms with E-state index < -0.39 is 5.91 Å². The smallest absolute Gasteiger partial charge is 0.312 e. The predicted molar refractivity (Wildman–Crippen MR) is 76.2 cm³/mol. The van der Waals surface area contributed by atoms with Gasteiger partial charge in [-0.25, -0.2) is 0 Å². The van der Waals surface area contributed by atoms with Crippen LogP contribution in [0.4, 0.5) is 0 Å². The van der Waals surface area contributed by atoms with Gasteiger partial charge in [0.05, 0.1) is 12.6 Å². The average Bonchev–Trinajstić information content (AvgIpc) is 2.53. The van der Waals surface area contributed by atoms with E-state index in [0.717, 1.165) is 24.2 Å². The van der Waals surface area contributed by atoms with Crippen LogP contribution in [-0.2, 0) is 22.7 Å². The van der Waals surface area contributed by atoms with Gasteiger partial charge >= 0.3 is 11.8 Å². The molecule has 2 heterocycles. The average molecular weight is 289 g/mol. The van der Waals surface area contributed by atoms with Gasteiger partial charge in [0.25, 0.3) is 0 Å². The number of hydrogen-bond donors (Lipinski definition) is 2. The molecule has 0 aromatic heterocycles. The second-order valence-corrected chi connectivity index (χ2v) is 5.52. The summed E-state index contributed by atoms with van der Waals surface area (Å²) in [5, 5.41) is 12.3. The minimum Gasteiger partial charge on any atom is -0.392 e. The lowest BCUT2D eigenvalue weighted by Crippen LogP contribution is -2.65. The molecule has 2 N–H and O–H groups in total. The third kappa shape index (κ3) is 2.77. The molecule has 2 amide bonds. The molecule has 3 rings (SSSR count). The quantitative estimate of drug-likeness (QED) is 0.723. The molecular weight excluding hydrogens is 270 g/mol. The van der Waals surface area contributed by atoms with Crippen molar-refractivity contribution in [3.63, 3.8) is 0 Å². The van der Waals surface area contributed by atoms with E-state index in [1.165, 1.54) is 0 Å². The number of piperazine rings is 2. The van der Waals surface area contributed by atoms with Gasteiger partial charge in [0, 0.05) is 32.7 Å². The maximum absolute atomic E-state index is 12.2. The van der Waals surface area contributed by atoms with Crippen molar-refractivity contribution in [2.24, 2.45) is 0 Å². The van der Waals surface area contributed by atoms with Crippen molar-refractivity contribution >= 4 is 11.8 Å². The molecule has 2 aliphatic rings. The molecule has 0 spiro atoms. The molecule has 112 valence electrons. The van der Waals surface area contributed by atoms with Gasteiger partial charge in [0.2, 0.25) is 0 Å². The summed E-state index contributed by atoms with van der Waals surface area (Å²) >= 11 is 0. The highest BCUT2D eigenvalue weighted by atomic mass is 16.3. The molecule has 1 aromatic carbocycles. The standard InChI is InChI=1S/C15H19N3O3/c19-10-12-3-1-11(2-4-12)8-17-9-13-7-16-5-6-18(13)15(21)14(17)20/h1-4,13,16,19H,5-10H2. The summed E-state index contributed by atoms with van der Waals surface area (Å²) in [6, 6.07) is 7.50. The summed E-state index contributed by atoms with van der Waals surface area (Å²) in [4.78, 5) is 27.6. The number of carbonyl (C=O) groups is 2. The summed E-state index contributed by atoms with van der Waals surface area (Å²) in [6.07, 6.45) is 0. The van der Waals surface area contributed by atoms with E-state index >= 15 is 0 Å². The highest BCUT2D eigenvalue weighted by Crippen LogP contribution is 2.17. The molecule has 0 saturated carbocycles. The van der Waals surface area contributed by atoms with Gasteiger partial charge in [-0.3, -0.25) is 9.59 Å². The molecule has 0 aliphatic carbocycles. The van der Waals surface area contributed by atoms with Crippen LogP contribution in [0.15, 0.2) is 24.3 Å². The predicted octanol–water partition coefficient (Wildman–Crippen LogP) is -0.678. The van der Waals surface area contributed by atoms with Gasteiger partial charge in [-0.05, 0) is 11.1 Å². The van der Waals surface area contributed by atoms with Crippen LogP contribution in [0.3, 0.4) is 0 Å². The molecular formula is C15H19N3O3. The lowest BCUT2D eigenvalue weighted by molar-refractivity contribution is -0.160. The molecule has 1 aromatic rings. The summed E-state index contributed by atoms with van der Waals surface area (Å²) in [7, 11) is 0. The van der Waals surface area contributed by atoms with Crippen LogP contribution >= 0.6 is 0 Å². The number of hydrogen-bond acceptors (Lipinski definition) is 4. The Morgan fingerprint density at radius 2 is 1.86 bits per heavy atom. The van der Waals surface area contributed by atoms with Crippen molar-refractivity contribution in [3.05, 3.63) is 35.4 Å². The lowest BCUT2D eigenvalue weighted by Gasteiger charge is -2.43. The van der Waals surface area contributed by atoms with Crippen LogP contribution in [0.25, 0.3) is 0 Å². The molecule has 21 heavy (non-hydrogen) atoms. The summed E-state index contributed by atoms with van der Waals surface area (Å²) in [6.45, 7) is 3.09. The fourth-order valence-electron chi connectivity index (χ4n) is 2.89. The Balaban J connectivity index is 1.72.